The molecule has 114 valence electrons. The fourth-order valence-electron chi connectivity index (χ4n) is 2.20. The summed E-state index contributed by atoms with van der Waals surface area (Å²) >= 11 is 0. The van der Waals surface area contributed by atoms with Crippen LogP contribution in [-0.4, -0.2) is 26.3 Å². The highest BCUT2D eigenvalue weighted by Crippen LogP contribution is 2.40. The molecule has 0 bridgehead atoms. The van der Waals surface area contributed by atoms with Gasteiger partial charge in [0.15, 0.2) is 11.5 Å². The normalized spacial score (nSPS) is 12.6. The van der Waals surface area contributed by atoms with E-state index >= 15 is 0 Å². The van der Waals surface area contributed by atoms with Crippen molar-refractivity contribution in [2.45, 2.75) is 6.61 Å². The molecule has 0 amide bonds. The van der Waals surface area contributed by atoms with Crippen molar-refractivity contribution in [1.82, 2.24) is 0 Å². The predicted octanol–water partition coefficient (Wildman–Crippen LogP) is 2.82. The molecule has 0 aromatic heterocycles. The third kappa shape index (κ3) is 2.98. The molecule has 0 atom stereocenters. The van der Waals surface area contributed by atoms with Crippen LogP contribution in [0.3, 0.4) is 0 Å². The summed E-state index contributed by atoms with van der Waals surface area (Å²) in [5.74, 6) is 1.05. The largest absolute Gasteiger partial charge is 0.493 e. The van der Waals surface area contributed by atoms with E-state index in [1.807, 2.05) is 30.3 Å². The van der Waals surface area contributed by atoms with Crippen LogP contribution < -0.4 is 14.2 Å². The number of carbonyl (C=O) groups excluding carboxylic acids is 1. The number of hydrogen-bond donors (Lipinski definition) is 0. The van der Waals surface area contributed by atoms with Gasteiger partial charge in [0.2, 0.25) is 5.75 Å². The second-order valence-corrected chi connectivity index (χ2v) is 4.76. The van der Waals surface area contributed by atoms with Crippen LogP contribution in [-0.2, 0) is 11.3 Å². The summed E-state index contributed by atoms with van der Waals surface area (Å²) in [7, 11) is 1.52. The summed E-state index contributed by atoms with van der Waals surface area (Å²) in [6, 6.07) is 12.7. The van der Waals surface area contributed by atoms with Gasteiger partial charge in [0.1, 0.15) is 19.8 Å². The maximum Gasteiger partial charge on any atom is 0.338 e. The molecule has 1 aliphatic heterocycles. The highest BCUT2D eigenvalue weighted by atomic mass is 16.6. The zero-order valence-electron chi connectivity index (χ0n) is 12.2. The number of benzene rings is 2. The van der Waals surface area contributed by atoms with Crippen LogP contribution in [0.1, 0.15) is 15.9 Å². The van der Waals surface area contributed by atoms with Crippen molar-refractivity contribution in [3.63, 3.8) is 0 Å². The Morgan fingerprint density at radius 2 is 1.91 bits per heavy atom. The van der Waals surface area contributed by atoms with Crippen molar-refractivity contribution in [2.24, 2.45) is 0 Å². The molecule has 0 aliphatic carbocycles. The molecule has 0 N–H and O–H groups in total. The van der Waals surface area contributed by atoms with Gasteiger partial charge in [-0.2, -0.15) is 0 Å². The molecule has 2 aromatic rings. The van der Waals surface area contributed by atoms with Crippen molar-refractivity contribution >= 4 is 5.97 Å². The van der Waals surface area contributed by atoms with E-state index < -0.39 is 5.97 Å². The topological polar surface area (TPSA) is 54.0 Å². The van der Waals surface area contributed by atoms with Gasteiger partial charge in [-0.1, -0.05) is 30.3 Å². The summed E-state index contributed by atoms with van der Waals surface area (Å²) in [5, 5.41) is 0. The van der Waals surface area contributed by atoms with E-state index in [1.54, 1.807) is 12.1 Å². The number of carbonyl (C=O) groups is 1. The molecule has 1 aliphatic rings. The first-order valence-corrected chi connectivity index (χ1v) is 6.96. The first-order chi connectivity index (χ1) is 10.8. The Balaban J connectivity index is 1.77. The van der Waals surface area contributed by atoms with Crippen LogP contribution in [0.4, 0.5) is 0 Å². The number of fused-ring (bicyclic) bond motifs is 1. The zero-order valence-corrected chi connectivity index (χ0v) is 12.2. The van der Waals surface area contributed by atoms with Gasteiger partial charge in [0.05, 0.1) is 12.7 Å². The lowest BCUT2D eigenvalue weighted by molar-refractivity contribution is 0.0471. The first kappa shape index (κ1) is 14.3. The van der Waals surface area contributed by atoms with Crippen LogP contribution in [0.15, 0.2) is 42.5 Å². The zero-order chi connectivity index (χ0) is 15.4. The van der Waals surface area contributed by atoms with E-state index in [4.69, 9.17) is 18.9 Å². The van der Waals surface area contributed by atoms with Gasteiger partial charge < -0.3 is 18.9 Å². The van der Waals surface area contributed by atoms with Gasteiger partial charge in [-0.25, -0.2) is 4.79 Å². The van der Waals surface area contributed by atoms with Crippen molar-refractivity contribution < 1.29 is 23.7 Å². The number of hydrogen-bond acceptors (Lipinski definition) is 5. The van der Waals surface area contributed by atoms with E-state index in [0.717, 1.165) is 5.56 Å². The van der Waals surface area contributed by atoms with E-state index in [0.29, 0.717) is 36.0 Å². The average molecular weight is 300 g/mol. The first-order valence-electron chi connectivity index (χ1n) is 6.96. The summed E-state index contributed by atoms with van der Waals surface area (Å²) in [5.41, 5.74) is 1.30. The lowest BCUT2D eigenvalue weighted by atomic mass is 10.1. The highest BCUT2D eigenvalue weighted by molar-refractivity contribution is 5.91. The lowest BCUT2D eigenvalue weighted by Crippen LogP contribution is -2.17. The highest BCUT2D eigenvalue weighted by Gasteiger charge is 2.21. The Labute approximate surface area is 128 Å². The minimum atomic E-state index is -0.431. The molecule has 5 heteroatoms. The van der Waals surface area contributed by atoms with Crippen molar-refractivity contribution in [3.05, 3.63) is 53.6 Å². The molecule has 5 nitrogen and oxygen atoms in total. The van der Waals surface area contributed by atoms with Crippen molar-refractivity contribution in [3.8, 4) is 17.2 Å². The monoisotopic (exact) mass is 300 g/mol. The quantitative estimate of drug-likeness (QED) is 0.813. The number of methoxy groups -OCH3 is 1. The minimum absolute atomic E-state index is 0.219. The summed E-state index contributed by atoms with van der Waals surface area (Å²) in [6.45, 7) is 1.12. The lowest BCUT2D eigenvalue weighted by Gasteiger charge is -2.21. The van der Waals surface area contributed by atoms with Crippen molar-refractivity contribution in [1.29, 1.82) is 0 Å². The predicted molar refractivity (Wildman–Crippen MR) is 79.5 cm³/mol. The van der Waals surface area contributed by atoms with Gasteiger partial charge in [-0.15, -0.1) is 0 Å². The van der Waals surface area contributed by atoms with Crippen molar-refractivity contribution in [2.75, 3.05) is 20.3 Å². The molecule has 0 radical (unpaired) electrons. The molecule has 0 unspecified atom stereocenters. The molecule has 0 saturated heterocycles. The molecule has 0 saturated carbocycles. The number of esters is 1. The van der Waals surface area contributed by atoms with Crippen LogP contribution in [0, 0.1) is 0 Å². The second-order valence-electron chi connectivity index (χ2n) is 4.76. The fraction of sp³-hybridized carbons (Fsp3) is 0.235. The molecule has 1 heterocycles. The van der Waals surface area contributed by atoms with Gasteiger partial charge in [-0.05, 0) is 17.7 Å². The molecule has 0 spiro atoms. The summed E-state index contributed by atoms with van der Waals surface area (Å²) in [4.78, 5) is 12.2. The SMILES string of the molecule is COc1cc(C(=O)OCc2ccccc2)cc2c1OCCO2. The van der Waals surface area contributed by atoms with Crippen LogP contribution in [0.5, 0.6) is 17.2 Å². The molecular weight excluding hydrogens is 284 g/mol. The molecule has 2 aromatic carbocycles. The number of rotatable bonds is 4. The Bertz CT molecular complexity index is 649. The maximum atomic E-state index is 12.2. The Morgan fingerprint density at radius 1 is 1.14 bits per heavy atom. The van der Waals surface area contributed by atoms with Gasteiger partial charge in [0, 0.05) is 0 Å². The number of ether oxygens (including phenoxy) is 4. The van der Waals surface area contributed by atoms with Gasteiger partial charge in [0.25, 0.3) is 0 Å². The average Bonchev–Trinajstić information content (AvgIpc) is 2.59. The van der Waals surface area contributed by atoms with E-state index in [2.05, 4.69) is 0 Å². The minimum Gasteiger partial charge on any atom is -0.493 e. The van der Waals surface area contributed by atoms with Gasteiger partial charge in [-0.3, -0.25) is 0 Å². The van der Waals surface area contributed by atoms with Crippen LogP contribution in [0.2, 0.25) is 0 Å². The third-order valence-corrected chi connectivity index (χ3v) is 3.28. The molecule has 3 rings (SSSR count). The summed E-state index contributed by atoms with van der Waals surface area (Å²) in [6.07, 6.45) is 0. The smallest absolute Gasteiger partial charge is 0.338 e. The van der Waals surface area contributed by atoms with E-state index in [-0.39, 0.29) is 6.61 Å². The van der Waals surface area contributed by atoms with E-state index in [1.165, 1.54) is 7.11 Å². The third-order valence-electron chi connectivity index (χ3n) is 3.28. The fourth-order valence-corrected chi connectivity index (χ4v) is 2.20. The Morgan fingerprint density at radius 3 is 2.68 bits per heavy atom. The molecular formula is C17H16O5. The maximum absolute atomic E-state index is 12.2. The van der Waals surface area contributed by atoms with Crippen LogP contribution >= 0.6 is 0 Å². The van der Waals surface area contributed by atoms with Crippen LogP contribution in [0.25, 0.3) is 0 Å². The van der Waals surface area contributed by atoms with Gasteiger partial charge >= 0.3 is 5.97 Å². The Hall–Kier alpha value is -2.69. The second kappa shape index (κ2) is 6.39. The standard InChI is InChI=1S/C17H16O5/c1-19-14-9-13(10-15-16(14)21-8-7-20-15)17(18)22-11-12-5-3-2-4-6-12/h2-6,9-10H,7-8,11H2,1H3. The molecule has 0 fully saturated rings. The summed E-state index contributed by atoms with van der Waals surface area (Å²) < 4.78 is 21.6. The van der Waals surface area contributed by atoms with E-state index in [9.17, 15) is 4.79 Å². The molecule has 22 heavy (non-hydrogen) atoms. The Kier molecular flexibility index (Phi) is 4.14.